The normalized spacial score (nSPS) is 22.7. The predicted molar refractivity (Wildman–Crippen MR) is 58.4 cm³/mol. The van der Waals surface area contributed by atoms with Crippen LogP contribution in [0.2, 0.25) is 0 Å². The van der Waals surface area contributed by atoms with Crippen LogP contribution in [0.25, 0.3) is 0 Å². The molecule has 0 spiro atoms. The predicted octanol–water partition coefficient (Wildman–Crippen LogP) is 2.02. The Kier molecular flexibility index (Phi) is 5.63. The number of nitrogens with one attached hydrogen (secondary N) is 1. The van der Waals surface area contributed by atoms with Crippen LogP contribution in [0.4, 0.5) is 0 Å². The van der Waals surface area contributed by atoms with Crippen LogP contribution in [0.1, 0.15) is 25.7 Å². The van der Waals surface area contributed by atoms with Crippen molar-refractivity contribution in [2.45, 2.75) is 30.9 Å². The van der Waals surface area contributed by atoms with Gasteiger partial charge in [-0.3, -0.25) is 4.79 Å². The zero-order valence-corrected chi connectivity index (χ0v) is 9.29. The second-order valence-corrected chi connectivity index (χ2v) is 4.88. The van der Waals surface area contributed by atoms with E-state index in [9.17, 15) is 4.79 Å². The molecule has 1 fully saturated rings. The Hall–Kier alpha value is 0.110. The molecule has 1 atom stereocenters. The summed E-state index contributed by atoms with van der Waals surface area (Å²) in [4.78, 5) is 11.5. The first-order chi connectivity index (χ1) is 6.34. The molecule has 0 aromatic heterocycles. The van der Waals surface area contributed by atoms with Crippen molar-refractivity contribution in [1.82, 2.24) is 5.32 Å². The van der Waals surface area contributed by atoms with Crippen molar-refractivity contribution in [3.63, 3.8) is 0 Å². The fourth-order valence-electron chi connectivity index (χ4n) is 1.34. The van der Waals surface area contributed by atoms with Crippen LogP contribution in [0, 0.1) is 0 Å². The van der Waals surface area contributed by atoms with Crippen molar-refractivity contribution < 1.29 is 4.79 Å². The molecule has 2 nitrogen and oxygen atoms in total. The summed E-state index contributed by atoms with van der Waals surface area (Å²) >= 11 is 7.30. The number of thioether (sulfide) groups is 1. The van der Waals surface area contributed by atoms with Gasteiger partial charge in [0.05, 0.1) is 5.25 Å². The van der Waals surface area contributed by atoms with Crippen molar-refractivity contribution in [3.05, 3.63) is 0 Å². The molecule has 0 bridgehead atoms. The molecular formula is C9H16ClNOS. The second kappa shape index (κ2) is 6.55. The Labute approximate surface area is 88.8 Å². The summed E-state index contributed by atoms with van der Waals surface area (Å²) in [5.41, 5.74) is 0. The van der Waals surface area contributed by atoms with E-state index in [1.165, 1.54) is 12.8 Å². The molecule has 13 heavy (non-hydrogen) atoms. The highest BCUT2D eigenvalue weighted by molar-refractivity contribution is 8.00. The van der Waals surface area contributed by atoms with E-state index in [-0.39, 0.29) is 11.2 Å². The molecule has 0 aromatic rings. The van der Waals surface area contributed by atoms with Gasteiger partial charge in [-0.05, 0) is 25.0 Å². The van der Waals surface area contributed by atoms with Gasteiger partial charge in [0.25, 0.3) is 0 Å². The van der Waals surface area contributed by atoms with Crippen LogP contribution >= 0.6 is 23.4 Å². The van der Waals surface area contributed by atoms with Crippen LogP contribution in [0.15, 0.2) is 0 Å². The summed E-state index contributed by atoms with van der Waals surface area (Å²) in [5, 5.41) is 3.11. The fourth-order valence-corrected chi connectivity index (χ4v) is 2.70. The minimum Gasteiger partial charge on any atom is -0.355 e. The zero-order valence-electron chi connectivity index (χ0n) is 7.72. The van der Waals surface area contributed by atoms with Crippen molar-refractivity contribution >= 4 is 29.3 Å². The van der Waals surface area contributed by atoms with E-state index in [0.717, 1.165) is 25.1 Å². The molecule has 1 unspecified atom stereocenters. The molecule has 0 aliphatic carbocycles. The number of hydrogen-bond acceptors (Lipinski definition) is 2. The van der Waals surface area contributed by atoms with E-state index in [0.29, 0.717) is 5.88 Å². The minimum atomic E-state index is 0.198. The molecule has 1 aliphatic heterocycles. The Balaban J connectivity index is 2.13. The Morgan fingerprint density at radius 1 is 1.54 bits per heavy atom. The Morgan fingerprint density at radius 2 is 2.38 bits per heavy atom. The number of alkyl halides is 1. The van der Waals surface area contributed by atoms with E-state index in [4.69, 9.17) is 11.6 Å². The standard InChI is InChI=1S/C9H16ClNOS/c10-5-3-6-11-9(12)8-4-1-2-7-13-8/h8H,1-7H2,(H,11,12). The van der Waals surface area contributed by atoms with Gasteiger partial charge in [-0.25, -0.2) is 0 Å². The first-order valence-electron chi connectivity index (χ1n) is 4.80. The minimum absolute atomic E-state index is 0.198. The largest absolute Gasteiger partial charge is 0.355 e. The van der Waals surface area contributed by atoms with Gasteiger partial charge < -0.3 is 5.32 Å². The summed E-state index contributed by atoms with van der Waals surface area (Å²) in [5.74, 6) is 1.96. The van der Waals surface area contributed by atoms with Crippen molar-refractivity contribution in [2.24, 2.45) is 0 Å². The number of carbonyl (C=O) groups is 1. The maximum absolute atomic E-state index is 11.5. The van der Waals surface area contributed by atoms with E-state index in [1.54, 1.807) is 11.8 Å². The SMILES string of the molecule is O=C(NCCCCl)C1CCCCS1. The average Bonchev–Trinajstić information content (AvgIpc) is 2.19. The van der Waals surface area contributed by atoms with Crippen LogP contribution in [0.5, 0.6) is 0 Å². The summed E-state index contributed by atoms with van der Waals surface area (Å²) in [7, 11) is 0. The molecule has 0 aromatic carbocycles. The quantitative estimate of drug-likeness (QED) is 0.582. The van der Waals surface area contributed by atoms with Crippen LogP contribution in [-0.2, 0) is 4.79 Å². The molecule has 4 heteroatoms. The smallest absolute Gasteiger partial charge is 0.233 e. The van der Waals surface area contributed by atoms with Crippen LogP contribution in [0.3, 0.4) is 0 Å². The molecular weight excluding hydrogens is 206 g/mol. The van der Waals surface area contributed by atoms with Crippen LogP contribution < -0.4 is 5.32 Å². The third-order valence-corrected chi connectivity index (χ3v) is 3.73. The summed E-state index contributed by atoms with van der Waals surface area (Å²) < 4.78 is 0. The van der Waals surface area contributed by atoms with Crippen molar-refractivity contribution in [3.8, 4) is 0 Å². The molecule has 76 valence electrons. The van der Waals surface area contributed by atoms with Gasteiger partial charge in [0, 0.05) is 12.4 Å². The average molecular weight is 222 g/mol. The second-order valence-electron chi connectivity index (χ2n) is 3.19. The third-order valence-electron chi connectivity index (χ3n) is 2.08. The maximum Gasteiger partial charge on any atom is 0.233 e. The molecule has 0 radical (unpaired) electrons. The van der Waals surface area contributed by atoms with E-state index in [1.807, 2.05) is 0 Å². The number of carbonyl (C=O) groups excluding carboxylic acids is 1. The van der Waals surface area contributed by atoms with Crippen LogP contribution in [-0.4, -0.2) is 29.3 Å². The summed E-state index contributed by atoms with van der Waals surface area (Å²) in [6, 6.07) is 0. The highest BCUT2D eigenvalue weighted by Gasteiger charge is 2.20. The summed E-state index contributed by atoms with van der Waals surface area (Å²) in [6.45, 7) is 0.722. The monoisotopic (exact) mass is 221 g/mol. The summed E-state index contributed by atoms with van der Waals surface area (Å²) in [6.07, 6.45) is 4.36. The number of halogens is 1. The van der Waals surface area contributed by atoms with Gasteiger partial charge in [-0.1, -0.05) is 6.42 Å². The molecule has 1 saturated heterocycles. The fraction of sp³-hybridized carbons (Fsp3) is 0.889. The topological polar surface area (TPSA) is 29.1 Å². The Bertz CT molecular complexity index is 160. The molecule has 1 heterocycles. The van der Waals surface area contributed by atoms with Gasteiger partial charge >= 0.3 is 0 Å². The van der Waals surface area contributed by atoms with Gasteiger partial charge in [-0.15, -0.1) is 23.4 Å². The number of amides is 1. The number of hydrogen-bond donors (Lipinski definition) is 1. The molecule has 0 saturated carbocycles. The lowest BCUT2D eigenvalue weighted by Crippen LogP contribution is -2.34. The van der Waals surface area contributed by atoms with Gasteiger partial charge in [0.15, 0.2) is 0 Å². The maximum atomic E-state index is 11.5. The van der Waals surface area contributed by atoms with E-state index >= 15 is 0 Å². The van der Waals surface area contributed by atoms with Gasteiger partial charge in [-0.2, -0.15) is 0 Å². The highest BCUT2D eigenvalue weighted by Crippen LogP contribution is 2.24. The Morgan fingerprint density at radius 3 is 3.00 bits per heavy atom. The van der Waals surface area contributed by atoms with Crippen molar-refractivity contribution in [2.75, 3.05) is 18.2 Å². The lowest BCUT2D eigenvalue weighted by atomic mass is 10.2. The van der Waals surface area contributed by atoms with E-state index in [2.05, 4.69) is 5.32 Å². The molecule has 1 amide bonds. The lowest BCUT2D eigenvalue weighted by molar-refractivity contribution is -0.120. The lowest BCUT2D eigenvalue weighted by Gasteiger charge is -2.20. The highest BCUT2D eigenvalue weighted by atomic mass is 35.5. The third kappa shape index (κ3) is 4.23. The molecule has 1 aliphatic rings. The zero-order chi connectivity index (χ0) is 9.52. The van der Waals surface area contributed by atoms with E-state index < -0.39 is 0 Å². The first-order valence-corrected chi connectivity index (χ1v) is 6.38. The molecule has 1 N–H and O–H groups in total. The molecule has 1 rings (SSSR count). The van der Waals surface area contributed by atoms with Gasteiger partial charge in [0.2, 0.25) is 5.91 Å². The first kappa shape index (κ1) is 11.2. The van der Waals surface area contributed by atoms with Gasteiger partial charge in [0.1, 0.15) is 0 Å². The van der Waals surface area contributed by atoms with Crippen molar-refractivity contribution in [1.29, 1.82) is 0 Å². The number of rotatable bonds is 4.